The van der Waals surface area contributed by atoms with Crippen molar-refractivity contribution in [3.63, 3.8) is 0 Å². The number of nitrogens with zero attached hydrogens (tertiary/aromatic N) is 2. The van der Waals surface area contributed by atoms with Gasteiger partial charge in [0.1, 0.15) is 24.7 Å². The van der Waals surface area contributed by atoms with Crippen molar-refractivity contribution in [3.8, 4) is 11.5 Å². The Morgan fingerprint density at radius 2 is 0.784 bits per heavy atom. The number of anilines is 2. The fourth-order valence-electron chi connectivity index (χ4n) is 12.8. The standard InChI is InChI=1S/C69H108N4O12S2.CH4/c1-9-13-30-68(31-14-10-2)52-86(76,77)62-50-60(58(72(5)6)48-56(62)64(66(68)74)54-26-20-17-21-27-54)84-46-44-82-42-40-80-38-36-70-34-24-19-25-35-71-37-39-81-41-43-83-45-47-85-61-51-63-57(49-59(61)73(7)8)65(55-28-22-18-23-29-55)67(75)69(32-15-11-3,33-16-12-4)53-87(63,78)79;/h17-18,20-23,26-29,48-51,64-67,70-71,74-75H,9-16,19,24-25,30-47,52-53H2,1-8H3;1H4/t64-,65-,66-,67-;/m0./s1. The molecule has 0 saturated carbocycles. The van der Waals surface area contributed by atoms with Crippen LogP contribution in [0.1, 0.15) is 166 Å². The molecule has 88 heavy (non-hydrogen) atoms. The molecule has 18 heteroatoms. The minimum atomic E-state index is -3.81. The van der Waals surface area contributed by atoms with E-state index in [2.05, 4.69) is 38.3 Å². The topological polar surface area (TPSA) is 195 Å². The highest BCUT2D eigenvalue weighted by Crippen LogP contribution is 2.53. The van der Waals surface area contributed by atoms with Crippen molar-refractivity contribution in [2.75, 3.05) is 142 Å². The largest absolute Gasteiger partial charge is 0.489 e. The zero-order valence-electron chi connectivity index (χ0n) is 54.0. The van der Waals surface area contributed by atoms with Crippen molar-refractivity contribution in [1.82, 2.24) is 10.6 Å². The van der Waals surface area contributed by atoms with E-state index >= 15 is 0 Å². The Morgan fingerprint density at radius 3 is 1.11 bits per heavy atom. The number of ether oxygens (including phenoxy) is 6. The van der Waals surface area contributed by atoms with E-state index in [-0.39, 0.29) is 41.9 Å². The predicted octanol–water partition coefficient (Wildman–Crippen LogP) is 11.6. The van der Waals surface area contributed by atoms with Crippen LogP contribution in [0, 0.1) is 10.8 Å². The molecular weight excluding hydrogens is 1150 g/mol. The quantitative estimate of drug-likeness (QED) is 0.0306. The molecule has 4 N–H and O–H groups in total. The first kappa shape index (κ1) is 74.4. The van der Waals surface area contributed by atoms with Gasteiger partial charge in [-0.1, -0.05) is 154 Å². The molecule has 0 aliphatic carbocycles. The maximum atomic E-state index is 14.6. The molecule has 4 aromatic carbocycles. The number of aliphatic hydroxyl groups excluding tert-OH is 2. The van der Waals surface area contributed by atoms with Crippen LogP contribution in [0.4, 0.5) is 11.4 Å². The van der Waals surface area contributed by atoms with E-state index in [1.54, 1.807) is 12.1 Å². The minimum Gasteiger partial charge on any atom is -0.489 e. The van der Waals surface area contributed by atoms with Gasteiger partial charge in [-0.15, -0.1) is 0 Å². The van der Waals surface area contributed by atoms with E-state index in [1.165, 1.54) is 0 Å². The van der Waals surface area contributed by atoms with Crippen LogP contribution in [0.15, 0.2) is 94.7 Å². The van der Waals surface area contributed by atoms with E-state index in [1.807, 2.05) is 111 Å². The van der Waals surface area contributed by atoms with Gasteiger partial charge in [0.05, 0.1) is 97.7 Å². The summed E-state index contributed by atoms with van der Waals surface area (Å²) in [5.74, 6) is -0.285. The van der Waals surface area contributed by atoms with Crippen LogP contribution in [0.2, 0.25) is 0 Å². The molecule has 0 fully saturated rings. The fraction of sp³-hybridized carbons (Fsp3) is 0.657. The summed E-state index contributed by atoms with van der Waals surface area (Å²) >= 11 is 0. The second-order valence-corrected chi connectivity index (χ2v) is 28.5. The summed E-state index contributed by atoms with van der Waals surface area (Å²) < 4.78 is 94.1. The summed E-state index contributed by atoms with van der Waals surface area (Å²) in [6.45, 7) is 15.8. The molecule has 6 rings (SSSR count). The van der Waals surface area contributed by atoms with Crippen LogP contribution in [0.25, 0.3) is 0 Å². The molecular formula is C70H112N4O12S2. The van der Waals surface area contributed by atoms with E-state index in [0.29, 0.717) is 101 Å². The van der Waals surface area contributed by atoms with Gasteiger partial charge in [0.15, 0.2) is 19.7 Å². The first-order valence-electron chi connectivity index (χ1n) is 32.6. The van der Waals surface area contributed by atoms with E-state index in [4.69, 9.17) is 28.4 Å². The van der Waals surface area contributed by atoms with Crippen molar-refractivity contribution >= 4 is 31.0 Å². The molecule has 0 aromatic heterocycles. The Kier molecular flexibility index (Phi) is 32.0. The first-order valence-corrected chi connectivity index (χ1v) is 35.9. The number of hydrogen-bond acceptors (Lipinski definition) is 16. The summed E-state index contributed by atoms with van der Waals surface area (Å²) in [6.07, 6.45) is 11.1. The molecule has 4 aromatic rings. The van der Waals surface area contributed by atoms with Gasteiger partial charge < -0.3 is 59.1 Å². The molecule has 2 aliphatic heterocycles. The zero-order chi connectivity index (χ0) is 62.7. The van der Waals surface area contributed by atoms with Crippen molar-refractivity contribution in [2.45, 2.75) is 165 Å². The van der Waals surface area contributed by atoms with Gasteiger partial charge in [-0.2, -0.15) is 0 Å². The zero-order valence-corrected chi connectivity index (χ0v) is 55.6. The number of rotatable bonds is 42. The average Bonchev–Trinajstić information content (AvgIpc) is 1.66. The Hall–Kier alpha value is -4.34. The van der Waals surface area contributed by atoms with Crippen molar-refractivity contribution in [2.24, 2.45) is 10.8 Å². The molecule has 0 amide bonds. The molecule has 0 unspecified atom stereocenters. The minimum absolute atomic E-state index is 0. The van der Waals surface area contributed by atoms with Crippen LogP contribution >= 0.6 is 0 Å². The Bertz CT molecular complexity index is 2640. The third kappa shape index (κ3) is 20.8. The monoisotopic (exact) mass is 1260 g/mol. The number of nitrogens with one attached hydrogen (secondary N) is 2. The van der Waals surface area contributed by atoms with Gasteiger partial charge in [0.2, 0.25) is 0 Å². The maximum Gasteiger partial charge on any atom is 0.179 e. The lowest BCUT2D eigenvalue weighted by atomic mass is 9.68. The number of aliphatic hydroxyl groups is 2. The Labute approximate surface area is 531 Å². The van der Waals surface area contributed by atoms with Crippen LogP contribution in [0.5, 0.6) is 11.5 Å². The highest BCUT2D eigenvalue weighted by molar-refractivity contribution is 7.91. The molecule has 4 atom stereocenters. The highest BCUT2D eigenvalue weighted by atomic mass is 32.2. The van der Waals surface area contributed by atoms with Crippen LogP contribution in [0.3, 0.4) is 0 Å². The summed E-state index contributed by atoms with van der Waals surface area (Å²) in [5, 5.41) is 31.9. The van der Waals surface area contributed by atoms with E-state index in [9.17, 15) is 27.0 Å². The summed E-state index contributed by atoms with van der Waals surface area (Å²) in [7, 11) is 0.0543. The SMILES string of the molecule is C.CCCCC1(CCCC)CS(=O)(=O)c2cc(OCCOCCOCCNCCCCCNCCOCCOCCOc3cc4c(cc3N(C)C)[C@H](c3ccccc3)[C@H](O)C(CCCC)(CCCC)CS4(=O)=O)c(N(C)C)cc2[C@H](c2ccccc2)[C@@H]1O. The van der Waals surface area contributed by atoms with Gasteiger partial charge in [-0.25, -0.2) is 16.8 Å². The summed E-state index contributed by atoms with van der Waals surface area (Å²) in [4.78, 5) is 4.33. The first-order chi connectivity index (χ1) is 42.0. The van der Waals surface area contributed by atoms with Crippen LogP contribution < -0.4 is 29.9 Å². The second-order valence-electron chi connectivity index (χ2n) is 24.5. The molecule has 2 aliphatic rings. The van der Waals surface area contributed by atoms with Crippen molar-refractivity contribution < 1.29 is 55.5 Å². The van der Waals surface area contributed by atoms with Crippen LogP contribution in [-0.2, 0) is 38.6 Å². The molecule has 0 radical (unpaired) electrons. The summed E-state index contributed by atoms with van der Waals surface area (Å²) in [5.41, 5.74) is 2.98. The second kappa shape index (κ2) is 37.9. The van der Waals surface area contributed by atoms with Gasteiger partial charge in [-0.3, -0.25) is 0 Å². The van der Waals surface area contributed by atoms with Crippen molar-refractivity contribution in [1.29, 1.82) is 0 Å². The number of sulfone groups is 2. The number of unbranched alkanes of at least 4 members (excludes halogenated alkanes) is 6. The number of fused-ring (bicyclic) bond motifs is 2. The molecule has 0 bridgehead atoms. The van der Waals surface area contributed by atoms with Gasteiger partial charge >= 0.3 is 0 Å². The maximum absolute atomic E-state index is 14.6. The predicted molar refractivity (Wildman–Crippen MR) is 358 cm³/mol. The number of benzene rings is 4. The van der Waals surface area contributed by atoms with E-state index in [0.717, 1.165) is 119 Å². The lowest BCUT2D eigenvalue weighted by molar-refractivity contribution is 0.0126. The summed E-state index contributed by atoms with van der Waals surface area (Å²) in [6, 6.07) is 26.9. The third-order valence-electron chi connectivity index (χ3n) is 17.5. The van der Waals surface area contributed by atoms with Gasteiger partial charge in [0, 0.05) is 76.1 Å². The molecule has 496 valence electrons. The average molecular weight is 1270 g/mol. The van der Waals surface area contributed by atoms with Crippen LogP contribution in [-0.4, -0.2) is 171 Å². The van der Waals surface area contributed by atoms with Gasteiger partial charge in [0.25, 0.3) is 0 Å². The van der Waals surface area contributed by atoms with Gasteiger partial charge in [-0.05, 0) is 86.0 Å². The third-order valence-corrected chi connectivity index (χ3v) is 21.5. The smallest absolute Gasteiger partial charge is 0.179 e. The molecule has 16 nitrogen and oxygen atoms in total. The fourth-order valence-corrected chi connectivity index (χ4v) is 17.2. The number of hydrogen-bond donors (Lipinski definition) is 4. The Morgan fingerprint density at radius 1 is 0.455 bits per heavy atom. The molecule has 0 saturated heterocycles. The molecule has 0 spiro atoms. The molecule has 2 heterocycles. The lowest BCUT2D eigenvalue weighted by Crippen LogP contribution is -2.43. The van der Waals surface area contributed by atoms with Crippen molar-refractivity contribution in [3.05, 3.63) is 107 Å². The highest BCUT2D eigenvalue weighted by Gasteiger charge is 2.51. The van der Waals surface area contributed by atoms with E-state index < -0.39 is 54.5 Å². The normalized spacial score (nSPS) is 18.9. The Balaban J connectivity index is 0.0000141. The lowest BCUT2D eigenvalue weighted by Gasteiger charge is -2.40.